The number of hydrogen-bond acceptors (Lipinski definition) is 2. The van der Waals surface area contributed by atoms with Crippen molar-refractivity contribution in [2.75, 3.05) is 0 Å². The van der Waals surface area contributed by atoms with Crippen molar-refractivity contribution in [3.63, 3.8) is 0 Å². The Kier molecular flexibility index (Phi) is 3.68. The van der Waals surface area contributed by atoms with Gasteiger partial charge in [0.25, 0.3) is 0 Å². The fraction of sp³-hybridized carbons (Fsp3) is 0. The molecule has 0 amide bonds. The summed E-state index contributed by atoms with van der Waals surface area (Å²) >= 11 is -0.560. The van der Waals surface area contributed by atoms with Crippen molar-refractivity contribution in [3.05, 3.63) is 0 Å². The Labute approximate surface area is 45.7 Å². The van der Waals surface area contributed by atoms with Crippen LogP contribution in [0.5, 0.6) is 0 Å². The Morgan fingerprint density at radius 2 is 2.50 bits per heavy atom. The molecule has 0 unspecified atom stereocenters. The van der Waals surface area contributed by atoms with Crippen LogP contribution in [0.1, 0.15) is 0 Å². The Bertz CT molecular complexity index is 73.9. The van der Waals surface area contributed by atoms with Crippen molar-refractivity contribution < 1.29 is 23.8 Å². The van der Waals surface area contributed by atoms with Crippen molar-refractivity contribution in [3.8, 4) is 0 Å². The summed E-state index contributed by atoms with van der Waals surface area (Å²) in [5, 5.41) is 6.51. The van der Waals surface area contributed by atoms with Crippen LogP contribution in [0.25, 0.3) is 0 Å². The number of amidine groups is 1. The van der Waals surface area contributed by atoms with Crippen LogP contribution in [-0.4, -0.2) is 4.05 Å². The average molecular weight is 287 g/mol. The number of hydrogen-bond donors (Lipinski definition) is 2. The first kappa shape index (κ1) is 6.31. The molecule has 3 nitrogen and oxygen atoms in total. The van der Waals surface area contributed by atoms with Crippen molar-refractivity contribution in [2.45, 2.75) is 0 Å². The first-order valence-corrected chi connectivity index (χ1v) is 5.63. The molecular formula is CH3AuN2OP. The van der Waals surface area contributed by atoms with Gasteiger partial charge in [-0.25, -0.2) is 0 Å². The predicted molar refractivity (Wildman–Crippen MR) is 19.5 cm³/mol. The van der Waals surface area contributed by atoms with Crippen LogP contribution in [0.3, 0.4) is 0 Å². The molecule has 0 fully saturated rings. The maximum absolute atomic E-state index is 9.53. The molecule has 0 aromatic carbocycles. The van der Waals surface area contributed by atoms with Gasteiger partial charge in [-0.05, 0) is 0 Å². The fourth-order valence-electron chi connectivity index (χ4n) is 0.0297. The molecule has 0 aliphatic heterocycles. The molecule has 0 aliphatic carbocycles. The molecule has 5 heteroatoms. The second-order valence-corrected chi connectivity index (χ2v) is 4.48. The molecule has 0 rings (SSSR count). The predicted octanol–water partition coefficient (Wildman–Crippen LogP) is 0.169. The van der Waals surface area contributed by atoms with Crippen LogP contribution in [0, 0.1) is 5.41 Å². The maximum atomic E-state index is 9.53. The summed E-state index contributed by atoms with van der Waals surface area (Å²) in [4.78, 5) is 0. The van der Waals surface area contributed by atoms with Crippen molar-refractivity contribution >= 4 is 10.4 Å². The summed E-state index contributed by atoms with van der Waals surface area (Å²) in [6.45, 7) is 0. The van der Waals surface area contributed by atoms with E-state index in [0.29, 0.717) is 0 Å². The van der Waals surface area contributed by atoms with Crippen LogP contribution in [0.2, 0.25) is 0 Å². The summed E-state index contributed by atoms with van der Waals surface area (Å²) in [6.07, 6.45) is 0.0216. The molecule has 0 aromatic rings. The standard InChI is InChI=1S/CH3N2.Au.OP/c2-1-3;;1-2/h(H3,2,3);;/q;+1;-1. The van der Waals surface area contributed by atoms with Crippen LogP contribution in [-0.2, 0) is 23.8 Å². The quantitative estimate of drug-likeness (QED) is 0.329. The van der Waals surface area contributed by atoms with Crippen molar-refractivity contribution in [1.29, 1.82) is 5.41 Å². The summed E-state index contributed by atoms with van der Waals surface area (Å²) < 4.78 is 9.60. The summed E-state index contributed by atoms with van der Waals surface area (Å²) in [5.74, 6) is 0. The molecule has 0 aliphatic rings. The molecule has 3 N–H and O–H groups in total. The molecule has 0 radical (unpaired) electrons. The molecule has 0 atom stereocenters. The molecule has 39 valence electrons. The monoisotopic (exact) mass is 287 g/mol. The summed E-state index contributed by atoms with van der Waals surface area (Å²) in [7, 11) is 0. The SMILES string of the molecule is N=[C](N)[Au][P]=O. The van der Waals surface area contributed by atoms with Gasteiger partial charge in [0.15, 0.2) is 0 Å². The second-order valence-electron chi connectivity index (χ2n) is 0.429. The molecule has 0 saturated heterocycles. The van der Waals surface area contributed by atoms with E-state index in [-0.39, 0.29) is 10.4 Å². The van der Waals surface area contributed by atoms with Gasteiger partial charge in [-0.2, -0.15) is 0 Å². The van der Waals surface area contributed by atoms with E-state index >= 15 is 0 Å². The Morgan fingerprint density at radius 1 is 2.00 bits per heavy atom. The van der Waals surface area contributed by atoms with E-state index in [4.69, 9.17) is 11.1 Å². The third-order valence-electron chi connectivity index (χ3n) is 0.100. The molecule has 6 heavy (non-hydrogen) atoms. The van der Waals surface area contributed by atoms with E-state index in [9.17, 15) is 4.57 Å². The van der Waals surface area contributed by atoms with Gasteiger partial charge in [-0.3, -0.25) is 0 Å². The minimum absolute atomic E-state index is 0.0216. The van der Waals surface area contributed by atoms with Gasteiger partial charge >= 0.3 is 45.3 Å². The minimum atomic E-state index is -0.560. The van der Waals surface area contributed by atoms with Gasteiger partial charge < -0.3 is 0 Å². The number of nitrogens with two attached hydrogens (primary N) is 1. The zero-order valence-corrected chi connectivity index (χ0v) is 5.80. The number of nitrogens with one attached hydrogen (secondary N) is 1. The van der Waals surface area contributed by atoms with Crippen LogP contribution in [0.4, 0.5) is 0 Å². The van der Waals surface area contributed by atoms with E-state index in [2.05, 4.69) is 0 Å². The Hall–Kier alpha value is 0.310. The third-order valence-corrected chi connectivity index (χ3v) is 2.46. The van der Waals surface area contributed by atoms with Gasteiger partial charge in [-0.15, -0.1) is 0 Å². The van der Waals surface area contributed by atoms with Gasteiger partial charge in [0.2, 0.25) is 0 Å². The van der Waals surface area contributed by atoms with E-state index in [0.717, 1.165) is 0 Å². The molecule has 0 spiro atoms. The first-order valence-electron chi connectivity index (χ1n) is 1.01. The number of rotatable bonds is 2. The summed E-state index contributed by atoms with van der Waals surface area (Å²) in [6, 6.07) is 0. The molecular weight excluding hydrogens is 284 g/mol. The average Bonchev–Trinajstić information content (AvgIpc) is 1.35. The van der Waals surface area contributed by atoms with Crippen LogP contribution in [0.15, 0.2) is 0 Å². The summed E-state index contributed by atoms with van der Waals surface area (Å²) in [5.41, 5.74) is 4.82. The van der Waals surface area contributed by atoms with Crippen LogP contribution >= 0.6 is 6.35 Å². The van der Waals surface area contributed by atoms with E-state index in [1.54, 1.807) is 0 Å². The van der Waals surface area contributed by atoms with Gasteiger partial charge in [0.05, 0.1) is 0 Å². The zero-order chi connectivity index (χ0) is 4.99. The second kappa shape index (κ2) is 3.50. The molecule has 0 bridgehead atoms. The van der Waals surface area contributed by atoms with Gasteiger partial charge in [-0.1, -0.05) is 0 Å². The first-order chi connectivity index (χ1) is 2.77. The molecule has 0 aromatic heterocycles. The Morgan fingerprint density at radius 3 is 2.50 bits per heavy atom. The molecule has 0 saturated carbocycles. The fourth-order valence-corrected chi connectivity index (χ4v) is 0.728. The van der Waals surface area contributed by atoms with Crippen LogP contribution < -0.4 is 5.73 Å². The van der Waals surface area contributed by atoms with E-state index in [1.165, 1.54) is 0 Å². The van der Waals surface area contributed by atoms with Crippen molar-refractivity contribution in [2.24, 2.45) is 5.73 Å². The van der Waals surface area contributed by atoms with Gasteiger partial charge in [0, 0.05) is 0 Å². The van der Waals surface area contributed by atoms with E-state index < -0.39 is 19.2 Å². The zero-order valence-electron chi connectivity index (χ0n) is 2.73. The topological polar surface area (TPSA) is 66.9 Å². The molecule has 0 heterocycles. The third kappa shape index (κ3) is 4.31. The van der Waals surface area contributed by atoms with Gasteiger partial charge in [0.1, 0.15) is 0 Å². The van der Waals surface area contributed by atoms with E-state index in [1.807, 2.05) is 0 Å². The normalized spacial score (nSPS) is 9.33. The van der Waals surface area contributed by atoms with Crippen molar-refractivity contribution in [1.82, 2.24) is 0 Å². The Balaban J connectivity index is 3.05.